The Hall–Kier alpha value is -1.85. The molecule has 1 aliphatic heterocycles. The van der Waals surface area contributed by atoms with Crippen LogP contribution in [-0.2, 0) is 4.79 Å². The van der Waals surface area contributed by atoms with Crippen LogP contribution in [0.1, 0.15) is 86.9 Å². The highest BCUT2D eigenvalue weighted by molar-refractivity contribution is 5.92. The van der Waals surface area contributed by atoms with E-state index in [4.69, 9.17) is 4.52 Å². The number of carbonyl (C=O) groups is 2. The van der Waals surface area contributed by atoms with Gasteiger partial charge in [-0.25, -0.2) is 0 Å². The van der Waals surface area contributed by atoms with Crippen molar-refractivity contribution < 1.29 is 14.1 Å². The lowest BCUT2D eigenvalue weighted by atomic mass is 9.87. The minimum atomic E-state index is -0.162. The quantitative estimate of drug-likeness (QED) is 0.895. The van der Waals surface area contributed by atoms with Crippen molar-refractivity contribution in [2.45, 2.75) is 82.7 Å². The third kappa shape index (κ3) is 3.79. The Bertz CT molecular complexity index is 661. The molecule has 3 fully saturated rings. The van der Waals surface area contributed by atoms with E-state index < -0.39 is 0 Å². The third-order valence-corrected chi connectivity index (χ3v) is 6.19. The van der Waals surface area contributed by atoms with Gasteiger partial charge in [0.25, 0.3) is 5.91 Å². The maximum Gasteiger partial charge on any atom is 0.273 e. The fourth-order valence-electron chi connectivity index (χ4n) is 4.43. The van der Waals surface area contributed by atoms with Crippen LogP contribution in [0.25, 0.3) is 0 Å². The highest BCUT2D eigenvalue weighted by Gasteiger charge is 2.34. The zero-order chi connectivity index (χ0) is 18.1. The standard InChI is InChI=1S/C20H29N3O3/c1-13-11-16(9-10-23(13)20(25)15-5-3-2-4-6-15)21-19(24)17-12-18(26-22-17)14-7-8-14/h12-16H,2-11H2,1H3,(H,21,24). The summed E-state index contributed by atoms with van der Waals surface area (Å²) in [4.78, 5) is 27.3. The van der Waals surface area contributed by atoms with Crippen molar-refractivity contribution in [2.75, 3.05) is 6.54 Å². The highest BCUT2D eigenvalue weighted by atomic mass is 16.5. The van der Waals surface area contributed by atoms with Crippen LogP contribution in [0.15, 0.2) is 10.6 Å². The van der Waals surface area contributed by atoms with Gasteiger partial charge in [0.2, 0.25) is 5.91 Å². The van der Waals surface area contributed by atoms with Gasteiger partial charge in [0.1, 0.15) is 5.76 Å². The number of hydrogen-bond acceptors (Lipinski definition) is 4. The van der Waals surface area contributed by atoms with Crippen molar-refractivity contribution in [3.8, 4) is 0 Å². The van der Waals surface area contributed by atoms with Crippen LogP contribution in [0.3, 0.4) is 0 Å². The molecule has 2 aliphatic carbocycles. The molecule has 2 amide bonds. The summed E-state index contributed by atoms with van der Waals surface area (Å²) in [6.07, 6.45) is 9.56. The molecule has 2 atom stereocenters. The van der Waals surface area contributed by atoms with Crippen molar-refractivity contribution >= 4 is 11.8 Å². The van der Waals surface area contributed by atoms with Crippen LogP contribution in [-0.4, -0.2) is 40.5 Å². The highest BCUT2D eigenvalue weighted by Crippen LogP contribution is 2.40. The lowest BCUT2D eigenvalue weighted by molar-refractivity contribution is -0.140. The minimum absolute atomic E-state index is 0.0916. The molecule has 1 N–H and O–H groups in total. The Morgan fingerprint density at radius 2 is 1.92 bits per heavy atom. The molecule has 4 rings (SSSR count). The van der Waals surface area contributed by atoms with E-state index in [1.165, 1.54) is 19.3 Å². The number of nitrogens with one attached hydrogen (secondary N) is 1. The first kappa shape index (κ1) is 17.6. The first-order valence-electron chi connectivity index (χ1n) is 10.2. The van der Waals surface area contributed by atoms with E-state index in [-0.39, 0.29) is 23.9 Å². The molecular weight excluding hydrogens is 330 g/mol. The molecule has 2 heterocycles. The number of piperidine rings is 1. The summed E-state index contributed by atoms with van der Waals surface area (Å²) in [5.74, 6) is 1.67. The maximum absolute atomic E-state index is 12.8. The van der Waals surface area contributed by atoms with Gasteiger partial charge in [-0.1, -0.05) is 24.4 Å². The second-order valence-corrected chi connectivity index (χ2v) is 8.30. The molecule has 0 radical (unpaired) electrons. The SMILES string of the molecule is CC1CC(NC(=O)c2cc(C3CC3)on2)CCN1C(=O)C1CCCCC1. The molecular formula is C20H29N3O3. The number of rotatable bonds is 4. The first-order chi connectivity index (χ1) is 12.6. The smallest absolute Gasteiger partial charge is 0.273 e. The van der Waals surface area contributed by atoms with E-state index in [0.717, 1.165) is 50.8 Å². The summed E-state index contributed by atoms with van der Waals surface area (Å²) < 4.78 is 5.27. The van der Waals surface area contributed by atoms with E-state index in [2.05, 4.69) is 17.4 Å². The van der Waals surface area contributed by atoms with Gasteiger partial charge in [0.05, 0.1) is 0 Å². The molecule has 26 heavy (non-hydrogen) atoms. The Kier molecular flexibility index (Phi) is 5.00. The predicted octanol–water partition coefficient (Wildman–Crippen LogP) is 3.24. The average Bonchev–Trinajstić information content (AvgIpc) is 3.38. The lowest BCUT2D eigenvalue weighted by Gasteiger charge is -2.40. The molecule has 0 aromatic carbocycles. The molecule has 1 aromatic rings. The lowest BCUT2D eigenvalue weighted by Crippen LogP contribution is -2.52. The topological polar surface area (TPSA) is 75.4 Å². The first-order valence-corrected chi connectivity index (χ1v) is 10.2. The van der Waals surface area contributed by atoms with Crippen molar-refractivity contribution in [3.05, 3.63) is 17.5 Å². The van der Waals surface area contributed by atoms with Gasteiger partial charge in [0.15, 0.2) is 5.69 Å². The summed E-state index contributed by atoms with van der Waals surface area (Å²) in [6, 6.07) is 2.04. The second-order valence-electron chi connectivity index (χ2n) is 8.30. The monoisotopic (exact) mass is 359 g/mol. The molecule has 142 valence electrons. The van der Waals surface area contributed by atoms with Crippen LogP contribution in [0.4, 0.5) is 0 Å². The number of aromatic nitrogens is 1. The van der Waals surface area contributed by atoms with Gasteiger partial charge < -0.3 is 14.7 Å². The van der Waals surface area contributed by atoms with E-state index in [1.807, 2.05) is 4.90 Å². The van der Waals surface area contributed by atoms with Gasteiger partial charge in [-0.15, -0.1) is 0 Å². The second kappa shape index (κ2) is 7.41. The van der Waals surface area contributed by atoms with E-state index >= 15 is 0 Å². The van der Waals surface area contributed by atoms with Crippen LogP contribution >= 0.6 is 0 Å². The normalized spacial score (nSPS) is 27.3. The molecule has 0 bridgehead atoms. The number of hydrogen-bond donors (Lipinski definition) is 1. The predicted molar refractivity (Wildman–Crippen MR) is 96.7 cm³/mol. The van der Waals surface area contributed by atoms with Gasteiger partial charge in [-0.2, -0.15) is 0 Å². The fraction of sp³-hybridized carbons (Fsp3) is 0.750. The molecule has 1 aromatic heterocycles. The summed E-state index contributed by atoms with van der Waals surface area (Å²) in [5, 5.41) is 6.99. The molecule has 3 aliphatic rings. The number of nitrogens with zero attached hydrogens (tertiary/aromatic N) is 2. The van der Waals surface area contributed by atoms with Crippen LogP contribution < -0.4 is 5.32 Å². The van der Waals surface area contributed by atoms with Crippen molar-refractivity contribution in [1.82, 2.24) is 15.4 Å². The van der Waals surface area contributed by atoms with Gasteiger partial charge in [0, 0.05) is 36.5 Å². The molecule has 2 unspecified atom stereocenters. The Morgan fingerprint density at radius 3 is 2.62 bits per heavy atom. The summed E-state index contributed by atoms with van der Waals surface area (Å²) in [6.45, 7) is 2.83. The summed E-state index contributed by atoms with van der Waals surface area (Å²) >= 11 is 0. The molecule has 6 nitrogen and oxygen atoms in total. The number of likely N-dealkylation sites (tertiary alicyclic amines) is 1. The van der Waals surface area contributed by atoms with Gasteiger partial charge in [-0.05, 0) is 45.4 Å². The Balaban J connectivity index is 1.30. The van der Waals surface area contributed by atoms with Gasteiger partial charge >= 0.3 is 0 Å². The molecule has 2 saturated carbocycles. The molecule has 1 saturated heterocycles. The summed E-state index contributed by atoms with van der Waals surface area (Å²) in [5.41, 5.74) is 0.375. The minimum Gasteiger partial charge on any atom is -0.360 e. The van der Waals surface area contributed by atoms with Crippen LogP contribution in [0.2, 0.25) is 0 Å². The zero-order valence-corrected chi connectivity index (χ0v) is 15.6. The Labute approximate surface area is 154 Å². The van der Waals surface area contributed by atoms with Gasteiger partial charge in [-0.3, -0.25) is 9.59 Å². The maximum atomic E-state index is 12.8. The van der Waals surface area contributed by atoms with Crippen LogP contribution in [0.5, 0.6) is 0 Å². The zero-order valence-electron chi connectivity index (χ0n) is 15.6. The van der Waals surface area contributed by atoms with E-state index in [9.17, 15) is 9.59 Å². The molecule has 0 spiro atoms. The van der Waals surface area contributed by atoms with Crippen molar-refractivity contribution in [2.24, 2.45) is 5.92 Å². The average molecular weight is 359 g/mol. The van der Waals surface area contributed by atoms with Crippen LogP contribution in [0, 0.1) is 5.92 Å². The third-order valence-electron chi connectivity index (χ3n) is 6.19. The van der Waals surface area contributed by atoms with Crippen molar-refractivity contribution in [1.29, 1.82) is 0 Å². The number of carbonyl (C=O) groups excluding carboxylic acids is 2. The fourth-order valence-corrected chi connectivity index (χ4v) is 4.43. The largest absolute Gasteiger partial charge is 0.360 e. The van der Waals surface area contributed by atoms with E-state index in [1.54, 1.807) is 6.07 Å². The summed E-state index contributed by atoms with van der Waals surface area (Å²) in [7, 11) is 0. The van der Waals surface area contributed by atoms with Crippen molar-refractivity contribution in [3.63, 3.8) is 0 Å². The molecule has 6 heteroatoms. The number of amides is 2. The van der Waals surface area contributed by atoms with E-state index in [0.29, 0.717) is 17.5 Å². The Morgan fingerprint density at radius 1 is 1.15 bits per heavy atom.